The van der Waals surface area contributed by atoms with Gasteiger partial charge in [-0.05, 0) is 48.4 Å². The Hall–Kier alpha value is -4.00. The highest BCUT2D eigenvalue weighted by Crippen LogP contribution is 2.41. The Labute approximate surface area is 197 Å². The van der Waals surface area contributed by atoms with Gasteiger partial charge in [0.15, 0.2) is 0 Å². The van der Waals surface area contributed by atoms with Crippen molar-refractivity contribution in [2.75, 3.05) is 6.61 Å². The Morgan fingerprint density at radius 1 is 1.06 bits per heavy atom. The molecule has 34 heavy (non-hydrogen) atoms. The summed E-state index contributed by atoms with van der Waals surface area (Å²) in [6.45, 7) is 4.60. The Bertz CT molecular complexity index is 1220. The molecule has 0 spiro atoms. The second kappa shape index (κ2) is 9.87. The molecule has 1 fully saturated rings. The van der Waals surface area contributed by atoms with E-state index in [0.717, 1.165) is 0 Å². The maximum atomic E-state index is 14.9. The lowest BCUT2D eigenvalue weighted by atomic mass is 9.95. The lowest BCUT2D eigenvalue weighted by Crippen LogP contribution is -2.30. The van der Waals surface area contributed by atoms with E-state index in [0.29, 0.717) is 29.5 Å². The number of pyridine rings is 1. The molecule has 0 radical (unpaired) electrons. The summed E-state index contributed by atoms with van der Waals surface area (Å²) in [5.41, 5.74) is 0.824. The topological polar surface area (TPSA) is 79.7 Å². The van der Waals surface area contributed by atoms with Gasteiger partial charge in [-0.1, -0.05) is 38.1 Å². The Kier molecular flexibility index (Phi) is 6.72. The number of aromatic nitrogens is 1. The lowest BCUT2D eigenvalue weighted by Gasteiger charge is -2.25. The summed E-state index contributed by atoms with van der Waals surface area (Å²) in [6.07, 6.45) is 1.58. The summed E-state index contributed by atoms with van der Waals surface area (Å²) >= 11 is 0. The molecule has 0 saturated carbocycles. The molecule has 1 unspecified atom stereocenters. The number of Topliss-reactive ketones (excluding diaryl/α,β-unsaturated/α-hetero) is 1. The number of ketones is 1. The molecule has 1 amide bonds. The molecule has 1 aromatic heterocycles. The number of aliphatic hydroxyl groups is 1. The van der Waals surface area contributed by atoms with E-state index in [4.69, 9.17) is 4.74 Å². The third-order valence-corrected chi connectivity index (χ3v) is 5.51. The lowest BCUT2D eigenvalue weighted by molar-refractivity contribution is -0.140. The van der Waals surface area contributed by atoms with Gasteiger partial charge in [-0.2, -0.15) is 0 Å². The predicted molar refractivity (Wildman–Crippen MR) is 125 cm³/mol. The third kappa shape index (κ3) is 4.69. The molecular formula is C27H25FN2O4. The number of carbonyl (C=O) groups is 2. The van der Waals surface area contributed by atoms with Gasteiger partial charge in [0.05, 0.1) is 30.5 Å². The van der Waals surface area contributed by atoms with Crippen LogP contribution in [0.2, 0.25) is 0 Å². The molecular weight excluding hydrogens is 435 g/mol. The van der Waals surface area contributed by atoms with Crippen LogP contribution in [-0.2, 0) is 16.1 Å². The number of nitrogens with zero attached hydrogens (tertiary/aromatic N) is 2. The molecule has 1 aliphatic rings. The van der Waals surface area contributed by atoms with E-state index < -0.39 is 23.5 Å². The summed E-state index contributed by atoms with van der Waals surface area (Å²) in [6, 6.07) is 16.6. The first-order valence-corrected chi connectivity index (χ1v) is 11.0. The van der Waals surface area contributed by atoms with Crippen molar-refractivity contribution in [3.63, 3.8) is 0 Å². The second-order valence-electron chi connectivity index (χ2n) is 8.50. The van der Waals surface area contributed by atoms with Crippen molar-refractivity contribution in [1.82, 2.24) is 9.88 Å². The van der Waals surface area contributed by atoms with Gasteiger partial charge in [0.25, 0.3) is 11.7 Å². The van der Waals surface area contributed by atoms with E-state index in [1.165, 1.54) is 23.1 Å². The molecule has 2 heterocycles. The first-order chi connectivity index (χ1) is 16.4. The number of likely N-dealkylation sites (tertiary alicyclic amines) is 1. The van der Waals surface area contributed by atoms with Crippen LogP contribution < -0.4 is 4.74 Å². The number of carbonyl (C=O) groups excluding carboxylic acids is 2. The summed E-state index contributed by atoms with van der Waals surface area (Å²) in [4.78, 5) is 31.6. The van der Waals surface area contributed by atoms with Crippen LogP contribution >= 0.6 is 0 Å². The Morgan fingerprint density at radius 3 is 2.41 bits per heavy atom. The minimum atomic E-state index is -1.10. The average molecular weight is 461 g/mol. The summed E-state index contributed by atoms with van der Waals surface area (Å²) in [7, 11) is 0. The van der Waals surface area contributed by atoms with Crippen molar-refractivity contribution in [2.24, 2.45) is 5.92 Å². The summed E-state index contributed by atoms with van der Waals surface area (Å²) in [5.74, 6) is -1.68. The number of aliphatic hydroxyl groups excluding tert-OH is 1. The van der Waals surface area contributed by atoms with Crippen molar-refractivity contribution in [3.8, 4) is 5.75 Å². The fraction of sp³-hybridized carbons (Fsp3) is 0.222. The van der Waals surface area contributed by atoms with Gasteiger partial charge in [0.2, 0.25) is 0 Å². The highest BCUT2D eigenvalue weighted by molar-refractivity contribution is 6.46. The molecule has 1 N–H and O–H groups in total. The Balaban J connectivity index is 1.77. The molecule has 0 aliphatic carbocycles. The van der Waals surface area contributed by atoms with E-state index in [1.807, 2.05) is 13.8 Å². The average Bonchev–Trinajstić information content (AvgIpc) is 3.08. The van der Waals surface area contributed by atoms with Gasteiger partial charge in [0.1, 0.15) is 17.3 Å². The molecule has 4 rings (SSSR count). The highest BCUT2D eigenvalue weighted by Gasteiger charge is 2.47. The number of benzene rings is 2. The van der Waals surface area contributed by atoms with Crippen molar-refractivity contribution < 1.29 is 23.8 Å². The van der Waals surface area contributed by atoms with Crippen LogP contribution in [0.4, 0.5) is 4.39 Å². The number of rotatable bonds is 7. The quantitative estimate of drug-likeness (QED) is 0.309. The van der Waals surface area contributed by atoms with Gasteiger partial charge in [-0.3, -0.25) is 14.6 Å². The van der Waals surface area contributed by atoms with Gasteiger partial charge in [-0.25, -0.2) is 4.39 Å². The smallest absolute Gasteiger partial charge is 0.296 e. The third-order valence-electron chi connectivity index (χ3n) is 5.51. The van der Waals surface area contributed by atoms with E-state index in [2.05, 4.69) is 4.98 Å². The zero-order chi connectivity index (χ0) is 24.2. The molecule has 1 aliphatic heterocycles. The number of amides is 1. The van der Waals surface area contributed by atoms with E-state index in [9.17, 15) is 19.1 Å². The molecule has 6 nitrogen and oxygen atoms in total. The summed E-state index contributed by atoms with van der Waals surface area (Å²) in [5, 5.41) is 11.1. The monoisotopic (exact) mass is 460 g/mol. The van der Waals surface area contributed by atoms with Crippen molar-refractivity contribution in [3.05, 3.63) is 101 Å². The van der Waals surface area contributed by atoms with Crippen LogP contribution in [0.3, 0.4) is 0 Å². The van der Waals surface area contributed by atoms with Crippen molar-refractivity contribution in [2.45, 2.75) is 26.4 Å². The van der Waals surface area contributed by atoms with Crippen LogP contribution in [0.5, 0.6) is 5.75 Å². The van der Waals surface area contributed by atoms with Gasteiger partial charge in [0, 0.05) is 17.3 Å². The largest absolute Gasteiger partial charge is 0.507 e. The normalized spacial score (nSPS) is 17.4. The van der Waals surface area contributed by atoms with E-state index in [1.54, 1.807) is 54.7 Å². The number of hydrogen-bond donors (Lipinski definition) is 1. The molecule has 2 aromatic carbocycles. The second-order valence-corrected chi connectivity index (χ2v) is 8.50. The first kappa shape index (κ1) is 23.2. The standard InChI is InChI=1S/C27H25FN2O4/c1-17(2)16-34-20-12-10-18(11-13-20)25(31)23-24(21-8-3-4-9-22(21)28)30(27(33)26(23)32)15-19-7-5-6-14-29-19/h3-14,17,24,31H,15-16H2,1-2H3/b25-23-. The molecule has 1 saturated heterocycles. The van der Waals surface area contributed by atoms with Crippen LogP contribution in [0.1, 0.15) is 36.7 Å². The predicted octanol–water partition coefficient (Wildman–Crippen LogP) is 4.88. The molecule has 1 atom stereocenters. The fourth-order valence-corrected chi connectivity index (χ4v) is 3.86. The molecule has 7 heteroatoms. The zero-order valence-electron chi connectivity index (χ0n) is 18.9. The van der Waals surface area contributed by atoms with Crippen molar-refractivity contribution >= 4 is 17.4 Å². The minimum Gasteiger partial charge on any atom is -0.507 e. The van der Waals surface area contributed by atoms with E-state index in [-0.39, 0.29) is 23.4 Å². The van der Waals surface area contributed by atoms with E-state index >= 15 is 0 Å². The van der Waals surface area contributed by atoms with Crippen LogP contribution in [-0.4, -0.2) is 33.3 Å². The minimum absolute atomic E-state index is 0.0107. The maximum Gasteiger partial charge on any atom is 0.296 e. The fourth-order valence-electron chi connectivity index (χ4n) is 3.86. The summed E-state index contributed by atoms with van der Waals surface area (Å²) < 4.78 is 20.5. The van der Waals surface area contributed by atoms with Crippen LogP contribution in [0.15, 0.2) is 78.5 Å². The van der Waals surface area contributed by atoms with Gasteiger partial charge in [-0.15, -0.1) is 0 Å². The van der Waals surface area contributed by atoms with Crippen molar-refractivity contribution in [1.29, 1.82) is 0 Å². The highest BCUT2D eigenvalue weighted by atomic mass is 19.1. The van der Waals surface area contributed by atoms with Gasteiger partial charge >= 0.3 is 0 Å². The molecule has 0 bridgehead atoms. The van der Waals surface area contributed by atoms with Gasteiger partial charge < -0.3 is 14.7 Å². The maximum absolute atomic E-state index is 14.9. The first-order valence-electron chi connectivity index (χ1n) is 11.0. The van der Waals surface area contributed by atoms with Crippen LogP contribution in [0, 0.1) is 11.7 Å². The molecule has 3 aromatic rings. The molecule has 174 valence electrons. The zero-order valence-corrected chi connectivity index (χ0v) is 18.9. The number of halogens is 1. The van der Waals surface area contributed by atoms with Crippen LogP contribution in [0.25, 0.3) is 5.76 Å². The Morgan fingerprint density at radius 2 is 1.76 bits per heavy atom. The number of hydrogen-bond acceptors (Lipinski definition) is 5. The SMILES string of the molecule is CC(C)COc1ccc(/C(O)=C2/C(=O)C(=O)N(Cc3ccccn3)C2c2ccccc2F)cc1. The number of ether oxygens (including phenoxy) is 1.